The number of ketones is 1. The molecule has 1 aliphatic carbocycles. The minimum absolute atomic E-state index is 0.166. The zero-order chi connectivity index (χ0) is 11.8. The lowest BCUT2D eigenvalue weighted by atomic mass is 10.0. The molecule has 1 aromatic carbocycles. The number of carbonyl (C=O) groups excluding carboxylic acids is 1. The first-order valence-electron chi connectivity index (χ1n) is 5.72. The van der Waals surface area contributed by atoms with Crippen molar-refractivity contribution < 1.29 is 4.79 Å². The number of aryl methyl sites for hydroxylation is 2. The number of aromatic nitrogens is 2. The first kappa shape index (κ1) is 10.1. The van der Waals surface area contributed by atoms with Gasteiger partial charge in [0.05, 0.1) is 17.0 Å². The molecule has 84 valence electrons. The monoisotopic (exact) mass is 224 g/mol. The number of hydrogen-bond acceptors (Lipinski definition) is 3. The maximum atomic E-state index is 11.9. The van der Waals surface area contributed by atoms with Crippen molar-refractivity contribution in [3.05, 3.63) is 47.4 Å². The highest BCUT2D eigenvalue weighted by Gasteiger charge is 2.26. The summed E-state index contributed by atoms with van der Waals surface area (Å²) < 4.78 is 0. The zero-order valence-electron chi connectivity index (χ0n) is 9.60. The molecule has 0 amide bonds. The molecular weight excluding hydrogens is 212 g/mol. The summed E-state index contributed by atoms with van der Waals surface area (Å²) in [5.74, 6) is 0.899. The summed E-state index contributed by atoms with van der Waals surface area (Å²) >= 11 is 0. The molecule has 3 rings (SSSR count). The van der Waals surface area contributed by atoms with Crippen molar-refractivity contribution in [1.29, 1.82) is 0 Å². The minimum Gasteiger partial charge on any atom is -0.294 e. The Bertz CT molecular complexity index is 591. The van der Waals surface area contributed by atoms with Gasteiger partial charge in [0.25, 0.3) is 0 Å². The maximum Gasteiger partial charge on any atom is 0.167 e. The predicted octanol–water partition coefficient (Wildman–Crippen LogP) is 2.58. The second kappa shape index (κ2) is 3.77. The van der Waals surface area contributed by atoms with E-state index >= 15 is 0 Å². The van der Waals surface area contributed by atoms with Gasteiger partial charge in [-0.3, -0.25) is 4.79 Å². The van der Waals surface area contributed by atoms with Gasteiger partial charge in [-0.25, -0.2) is 9.97 Å². The van der Waals surface area contributed by atoms with E-state index in [1.165, 1.54) is 0 Å². The van der Waals surface area contributed by atoms with E-state index in [0.717, 1.165) is 34.8 Å². The van der Waals surface area contributed by atoms with Gasteiger partial charge in [0, 0.05) is 12.0 Å². The van der Waals surface area contributed by atoms with Gasteiger partial charge < -0.3 is 0 Å². The highest BCUT2D eigenvalue weighted by molar-refractivity contribution is 6.04. The van der Waals surface area contributed by atoms with Crippen LogP contribution in [0.15, 0.2) is 30.3 Å². The molecule has 0 fully saturated rings. The third kappa shape index (κ3) is 1.64. The van der Waals surface area contributed by atoms with Crippen molar-refractivity contribution in [3.63, 3.8) is 0 Å². The smallest absolute Gasteiger partial charge is 0.167 e. The normalized spacial score (nSPS) is 13.8. The van der Waals surface area contributed by atoms with Crippen LogP contribution in [-0.4, -0.2) is 15.8 Å². The summed E-state index contributed by atoms with van der Waals surface area (Å²) in [4.78, 5) is 20.7. The largest absolute Gasteiger partial charge is 0.294 e. The number of fused-ring (bicyclic) bond motifs is 1. The second-order valence-electron chi connectivity index (χ2n) is 4.23. The molecule has 0 bridgehead atoms. The van der Waals surface area contributed by atoms with Crippen LogP contribution in [0.2, 0.25) is 0 Å². The van der Waals surface area contributed by atoms with Gasteiger partial charge >= 0.3 is 0 Å². The van der Waals surface area contributed by atoms with Crippen molar-refractivity contribution >= 4 is 5.78 Å². The summed E-state index contributed by atoms with van der Waals surface area (Å²) in [5.41, 5.74) is 3.41. The Morgan fingerprint density at radius 3 is 2.59 bits per heavy atom. The number of nitrogens with zero attached hydrogens (tertiary/aromatic N) is 2. The predicted molar refractivity (Wildman–Crippen MR) is 64.9 cm³/mol. The Labute approximate surface area is 99.5 Å². The standard InChI is InChI=1S/C14H12N2O/c1-9-15-11-7-8-12(17)13(11)14(16-9)10-5-3-2-4-6-10/h2-6H,7-8H2,1H3. The summed E-state index contributed by atoms with van der Waals surface area (Å²) in [7, 11) is 0. The van der Waals surface area contributed by atoms with E-state index in [9.17, 15) is 4.79 Å². The van der Waals surface area contributed by atoms with E-state index in [0.29, 0.717) is 6.42 Å². The average molecular weight is 224 g/mol. The number of hydrogen-bond donors (Lipinski definition) is 0. The van der Waals surface area contributed by atoms with Crippen molar-refractivity contribution in [1.82, 2.24) is 9.97 Å². The third-order valence-corrected chi connectivity index (χ3v) is 3.01. The molecule has 0 atom stereocenters. The lowest BCUT2D eigenvalue weighted by molar-refractivity contribution is 0.0995. The van der Waals surface area contributed by atoms with Crippen LogP contribution in [0.3, 0.4) is 0 Å². The van der Waals surface area contributed by atoms with E-state index in [1.54, 1.807) is 0 Å². The van der Waals surface area contributed by atoms with Gasteiger partial charge in [-0.15, -0.1) is 0 Å². The van der Waals surface area contributed by atoms with E-state index in [1.807, 2.05) is 37.3 Å². The molecule has 0 aliphatic heterocycles. The van der Waals surface area contributed by atoms with Gasteiger partial charge in [0.2, 0.25) is 0 Å². The molecular formula is C14H12N2O. The van der Waals surface area contributed by atoms with Gasteiger partial charge in [-0.1, -0.05) is 30.3 Å². The fraction of sp³-hybridized carbons (Fsp3) is 0.214. The fourth-order valence-electron chi connectivity index (χ4n) is 2.27. The molecule has 3 nitrogen and oxygen atoms in total. The van der Waals surface area contributed by atoms with Crippen LogP contribution in [0.5, 0.6) is 0 Å². The SMILES string of the molecule is Cc1nc2c(c(-c3ccccc3)n1)C(=O)CC2. The maximum absolute atomic E-state index is 11.9. The molecule has 1 heterocycles. The first-order chi connectivity index (χ1) is 8.25. The first-order valence-corrected chi connectivity index (χ1v) is 5.72. The Morgan fingerprint density at radius 2 is 1.82 bits per heavy atom. The lowest BCUT2D eigenvalue weighted by Crippen LogP contribution is -2.03. The van der Waals surface area contributed by atoms with E-state index in [-0.39, 0.29) is 5.78 Å². The molecule has 1 aromatic heterocycles. The average Bonchev–Trinajstić information content (AvgIpc) is 2.71. The van der Waals surface area contributed by atoms with E-state index < -0.39 is 0 Å². The number of carbonyl (C=O) groups is 1. The Balaban J connectivity index is 2.27. The Hall–Kier alpha value is -2.03. The Kier molecular flexibility index (Phi) is 2.25. The molecule has 1 aliphatic rings. The van der Waals surface area contributed by atoms with Crippen molar-refractivity contribution in [3.8, 4) is 11.3 Å². The highest BCUT2D eigenvalue weighted by atomic mass is 16.1. The molecule has 0 unspecified atom stereocenters. The topological polar surface area (TPSA) is 42.9 Å². The van der Waals surface area contributed by atoms with Gasteiger partial charge in [0.1, 0.15) is 5.82 Å². The fourth-order valence-corrected chi connectivity index (χ4v) is 2.27. The van der Waals surface area contributed by atoms with Crippen molar-refractivity contribution in [2.24, 2.45) is 0 Å². The zero-order valence-corrected chi connectivity index (χ0v) is 9.60. The number of Topliss-reactive ketones (excluding diaryl/α,β-unsaturated/α-hetero) is 1. The van der Waals surface area contributed by atoms with Gasteiger partial charge in [-0.2, -0.15) is 0 Å². The van der Waals surface area contributed by atoms with Crippen LogP contribution in [-0.2, 0) is 6.42 Å². The summed E-state index contributed by atoms with van der Waals surface area (Å²) in [6.07, 6.45) is 1.31. The van der Waals surface area contributed by atoms with Crippen LogP contribution >= 0.6 is 0 Å². The molecule has 0 saturated carbocycles. The second-order valence-corrected chi connectivity index (χ2v) is 4.23. The molecule has 2 aromatic rings. The van der Waals surface area contributed by atoms with Crippen LogP contribution in [0.1, 0.15) is 28.3 Å². The van der Waals surface area contributed by atoms with Gasteiger partial charge in [0.15, 0.2) is 5.78 Å². The van der Waals surface area contributed by atoms with Gasteiger partial charge in [-0.05, 0) is 13.3 Å². The van der Waals surface area contributed by atoms with Crippen molar-refractivity contribution in [2.75, 3.05) is 0 Å². The molecule has 17 heavy (non-hydrogen) atoms. The lowest BCUT2D eigenvalue weighted by Gasteiger charge is -2.07. The summed E-state index contributed by atoms with van der Waals surface area (Å²) in [6.45, 7) is 1.87. The Morgan fingerprint density at radius 1 is 1.06 bits per heavy atom. The highest BCUT2D eigenvalue weighted by Crippen LogP contribution is 2.29. The third-order valence-electron chi connectivity index (χ3n) is 3.01. The van der Waals surface area contributed by atoms with Crippen molar-refractivity contribution in [2.45, 2.75) is 19.8 Å². The van der Waals surface area contributed by atoms with Crippen LogP contribution < -0.4 is 0 Å². The molecule has 3 heteroatoms. The van der Waals surface area contributed by atoms with Crippen LogP contribution in [0.25, 0.3) is 11.3 Å². The summed E-state index contributed by atoms with van der Waals surface area (Å²) in [5, 5.41) is 0. The molecule has 0 N–H and O–H groups in total. The van der Waals surface area contributed by atoms with Crippen LogP contribution in [0.4, 0.5) is 0 Å². The number of rotatable bonds is 1. The van der Waals surface area contributed by atoms with E-state index in [4.69, 9.17) is 0 Å². The number of benzene rings is 1. The van der Waals surface area contributed by atoms with Crippen LogP contribution in [0, 0.1) is 6.92 Å². The van der Waals surface area contributed by atoms with E-state index in [2.05, 4.69) is 9.97 Å². The molecule has 0 saturated heterocycles. The minimum atomic E-state index is 0.166. The quantitative estimate of drug-likeness (QED) is 0.747. The molecule has 0 radical (unpaired) electrons. The molecule has 0 spiro atoms. The summed E-state index contributed by atoms with van der Waals surface area (Å²) in [6, 6.07) is 9.83.